The van der Waals surface area contributed by atoms with Gasteiger partial charge in [-0.1, -0.05) is 0 Å². The minimum atomic E-state index is -0.360. The molecular formula is C16H21FN2O2. The Morgan fingerprint density at radius 2 is 2.14 bits per heavy atom. The quantitative estimate of drug-likeness (QED) is 0.877. The molecule has 2 atom stereocenters. The molecule has 2 aliphatic carbocycles. The lowest BCUT2D eigenvalue weighted by Gasteiger charge is -2.15. The van der Waals surface area contributed by atoms with Crippen LogP contribution in [0.2, 0.25) is 0 Å². The molecule has 2 unspecified atom stereocenters. The number of ether oxygens (including phenoxy) is 1. The monoisotopic (exact) mass is 292 g/mol. The van der Waals surface area contributed by atoms with Crippen molar-refractivity contribution in [3.8, 4) is 5.75 Å². The Labute approximate surface area is 123 Å². The smallest absolute Gasteiger partial charge is 0.227 e. The highest BCUT2D eigenvalue weighted by molar-refractivity contribution is 5.94. The van der Waals surface area contributed by atoms with Crippen LogP contribution in [0.1, 0.15) is 32.1 Å². The van der Waals surface area contributed by atoms with Crippen molar-refractivity contribution >= 4 is 11.6 Å². The molecule has 0 heterocycles. The number of halogens is 1. The van der Waals surface area contributed by atoms with E-state index in [9.17, 15) is 9.18 Å². The zero-order valence-electron chi connectivity index (χ0n) is 12.0. The summed E-state index contributed by atoms with van der Waals surface area (Å²) in [5.74, 6) is 0.524. The van der Waals surface area contributed by atoms with Crippen LogP contribution < -0.4 is 15.8 Å². The van der Waals surface area contributed by atoms with E-state index in [0.717, 1.165) is 25.7 Å². The summed E-state index contributed by atoms with van der Waals surface area (Å²) in [6.45, 7) is 0.584. The van der Waals surface area contributed by atoms with E-state index in [1.165, 1.54) is 12.1 Å². The van der Waals surface area contributed by atoms with Crippen LogP contribution in [0.4, 0.5) is 10.1 Å². The standard InChI is InChI=1S/C16H21FN2O2/c17-12-4-6-14(15(8-12)21-9-10-1-2-10)19-16(20)11-3-5-13(18)7-11/h4,6,8,10-11,13H,1-3,5,7,9,18H2,(H,19,20). The van der Waals surface area contributed by atoms with E-state index < -0.39 is 0 Å². The summed E-state index contributed by atoms with van der Waals surface area (Å²) < 4.78 is 19.0. The number of hydrogen-bond acceptors (Lipinski definition) is 3. The molecule has 21 heavy (non-hydrogen) atoms. The van der Waals surface area contributed by atoms with Crippen molar-refractivity contribution in [2.75, 3.05) is 11.9 Å². The van der Waals surface area contributed by atoms with E-state index >= 15 is 0 Å². The van der Waals surface area contributed by atoms with Gasteiger partial charge in [0.15, 0.2) is 0 Å². The predicted octanol–water partition coefficient (Wildman–Crippen LogP) is 2.68. The fourth-order valence-electron chi connectivity index (χ4n) is 2.70. The van der Waals surface area contributed by atoms with Gasteiger partial charge >= 0.3 is 0 Å². The first kappa shape index (κ1) is 14.3. The normalized spacial score (nSPS) is 24.9. The molecule has 1 aromatic carbocycles. The molecule has 0 bridgehead atoms. The van der Waals surface area contributed by atoms with Crippen molar-refractivity contribution in [3.05, 3.63) is 24.0 Å². The topological polar surface area (TPSA) is 64.4 Å². The summed E-state index contributed by atoms with van der Waals surface area (Å²) in [4.78, 5) is 12.2. The maximum Gasteiger partial charge on any atom is 0.227 e. The average Bonchev–Trinajstić information content (AvgIpc) is 3.19. The zero-order valence-corrected chi connectivity index (χ0v) is 12.0. The van der Waals surface area contributed by atoms with Crippen molar-refractivity contribution in [1.82, 2.24) is 0 Å². The van der Waals surface area contributed by atoms with Crippen LogP contribution >= 0.6 is 0 Å². The minimum absolute atomic E-state index is 0.0502. The van der Waals surface area contributed by atoms with Gasteiger partial charge in [0.1, 0.15) is 11.6 Å². The molecule has 5 heteroatoms. The molecule has 2 aliphatic rings. The highest BCUT2D eigenvalue weighted by Gasteiger charge is 2.28. The molecule has 2 saturated carbocycles. The second-order valence-electron chi connectivity index (χ2n) is 6.15. The first-order chi connectivity index (χ1) is 10.1. The van der Waals surface area contributed by atoms with Crippen LogP contribution in [0.3, 0.4) is 0 Å². The van der Waals surface area contributed by atoms with Gasteiger partial charge in [0.05, 0.1) is 12.3 Å². The summed E-state index contributed by atoms with van der Waals surface area (Å²) in [7, 11) is 0. The third kappa shape index (κ3) is 3.73. The van der Waals surface area contributed by atoms with E-state index in [4.69, 9.17) is 10.5 Å². The molecule has 0 radical (unpaired) electrons. The van der Waals surface area contributed by atoms with Gasteiger partial charge in [0, 0.05) is 18.0 Å². The van der Waals surface area contributed by atoms with Crippen LogP contribution in [0.15, 0.2) is 18.2 Å². The Bertz CT molecular complexity index is 531. The molecule has 3 N–H and O–H groups in total. The SMILES string of the molecule is NC1CCC(C(=O)Nc2ccc(F)cc2OCC2CC2)C1. The Morgan fingerprint density at radius 1 is 1.33 bits per heavy atom. The fourth-order valence-corrected chi connectivity index (χ4v) is 2.70. The maximum atomic E-state index is 13.4. The molecule has 1 aromatic rings. The summed E-state index contributed by atoms with van der Waals surface area (Å²) >= 11 is 0. The molecule has 4 nitrogen and oxygen atoms in total. The summed E-state index contributed by atoms with van der Waals surface area (Å²) in [6.07, 6.45) is 4.73. The number of amides is 1. The molecule has 114 valence electrons. The van der Waals surface area contributed by atoms with Crippen LogP contribution in [0.25, 0.3) is 0 Å². The van der Waals surface area contributed by atoms with Gasteiger partial charge in [-0.05, 0) is 50.2 Å². The number of rotatable bonds is 5. The van der Waals surface area contributed by atoms with Crippen molar-refractivity contribution in [3.63, 3.8) is 0 Å². The van der Waals surface area contributed by atoms with Crippen LogP contribution in [0, 0.1) is 17.7 Å². The molecule has 0 saturated heterocycles. The summed E-state index contributed by atoms with van der Waals surface area (Å²) in [5.41, 5.74) is 6.38. The molecule has 0 aromatic heterocycles. The van der Waals surface area contributed by atoms with Gasteiger partial charge in [0.25, 0.3) is 0 Å². The number of hydrogen-bond donors (Lipinski definition) is 2. The lowest BCUT2D eigenvalue weighted by Crippen LogP contribution is -2.23. The van der Waals surface area contributed by atoms with Gasteiger partial charge in [0.2, 0.25) is 5.91 Å². The van der Waals surface area contributed by atoms with E-state index in [-0.39, 0.29) is 23.7 Å². The molecule has 0 spiro atoms. The molecular weight excluding hydrogens is 271 g/mol. The minimum Gasteiger partial charge on any atom is -0.491 e. The van der Waals surface area contributed by atoms with Crippen LogP contribution in [-0.4, -0.2) is 18.6 Å². The number of anilines is 1. The maximum absolute atomic E-state index is 13.4. The number of nitrogens with one attached hydrogen (secondary N) is 1. The van der Waals surface area contributed by atoms with Crippen molar-refractivity contribution in [2.45, 2.75) is 38.1 Å². The van der Waals surface area contributed by atoms with Crippen LogP contribution in [0.5, 0.6) is 5.75 Å². The van der Waals surface area contributed by atoms with Gasteiger partial charge in [-0.3, -0.25) is 4.79 Å². The first-order valence-corrected chi connectivity index (χ1v) is 7.60. The van der Waals surface area contributed by atoms with E-state index in [2.05, 4.69) is 5.32 Å². The lowest BCUT2D eigenvalue weighted by atomic mass is 10.1. The Morgan fingerprint density at radius 3 is 2.81 bits per heavy atom. The largest absolute Gasteiger partial charge is 0.491 e. The summed E-state index contributed by atoms with van der Waals surface area (Å²) in [6, 6.07) is 4.34. The number of carbonyl (C=O) groups excluding carboxylic acids is 1. The number of carbonyl (C=O) groups is 1. The second kappa shape index (κ2) is 6.02. The highest BCUT2D eigenvalue weighted by Crippen LogP contribution is 2.33. The second-order valence-corrected chi connectivity index (χ2v) is 6.15. The first-order valence-electron chi connectivity index (χ1n) is 7.60. The third-order valence-electron chi connectivity index (χ3n) is 4.22. The van der Waals surface area contributed by atoms with Gasteiger partial charge in [-0.25, -0.2) is 4.39 Å². The summed E-state index contributed by atoms with van der Waals surface area (Å²) in [5, 5.41) is 2.86. The van der Waals surface area contributed by atoms with Crippen LogP contribution in [-0.2, 0) is 4.79 Å². The predicted molar refractivity (Wildman–Crippen MR) is 78.6 cm³/mol. The van der Waals surface area contributed by atoms with Gasteiger partial charge in [-0.2, -0.15) is 0 Å². The Hall–Kier alpha value is -1.62. The molecule has 2 fully saturated rings. The van der Waals surface area contributed by atoms with Gasteiger partial charge < -0.3 is 15.8 Å². The van der Waals surface area contributed by atoms with Crippen molar-refractivity contribution in [1.29, 1.82) is 0 Å². The van der Waals surface area contributed by atoms with Gasteiger partial charge in [-0.15, -0.1) is 0 Å². The van der Waals surface area contributed by atoms with E-state index in [0.29, 0.717) is 30.4 Å². The van der Waals surface area contributed by atoms with E-state index in [1.807, 2.05) is 0 Å². The average molecular weight is 292 g/mol. The lowest BCUT2D eigenvalue weighted by molar-refractivity contribution is -0.119. The van der Waals surface area contributed by atoms with Crippen molar-refractivity contribution < 1.29 is 13.9 Å². The molecule has 1 amide bonds. The Kier molecular flexibility index (Phi) is 4.10. The fraction of sp³-hybridized carbons (Fsp3) is 0.562. The third-order valence-corrected chi connectivity index (χ3v) is 4.22. The van der Waals surface area contributed by atoms with E-state index in [1.54, 1.807) is 6.07 Å². The Balaban J connectivity index is 1.66. The molecule has 3 rings (SSSR count). The number of benzene rings is 1. The highest BCUT2D eigenvalue weighted by atomic mass is 19.1. The van der Waals surface area contributed by atoms with Crippen molar-refractivity contribution in [2.24, 2.45) is 17.6 Å². The number of nitrogens with two attached hydrogens (primary N) is 1. The molecule has 0 aliphatic heterocycles. The zero-order chi connectivity index (χ0) is 14.8.